The van der Waals surface area contributed by atoms with Crippen molar-refractivity contribution in [1.82, 2.24) is 9.97 Å². The first-order valence-corrected chi connectivity index (χ1v) is 7.91. The van der Waals surface area contributed by atoms with Gasteiger partial charge < -0.3 is 14.8 Å². The van der Waals surface area contributed by atoms with E-state index >= 15 is 0 Å². The molecule has 0 atom stereocenters. The quantitative estimate of drug-likeness (QED) is 0.759. The molecule has 0 aliphatic heterocycles. The highest BCUT2D eigenvalue weighted by atomic mass is 16.5. The summed E-state index contributed by atoms with van der Waals surface area (Å²) >= 11 is 0. The Labute approximate surface area is 156 Å². The van der Waals surface area contributed by atoms with Gasteiger partial charge in [0, 0.05) is 32.0 Å². The minimum absolute atomic E-state index is 0.0912. The summed E-state index contributed by atoms with van der Waals surface area (Å²) < 4.78 is 10.5. The highest BCUT2D eigenvalue weighted by Gasteiger charge is 2.15. The zero-order valence-corrected chi connectivity index (χ0v) is 15.4. The molecule has 0 unspecified atom stereocenters. The van der Waals surface area contributed by atoms with E-state index in [1.165, 1.54) is 34.3 Å². The Balaban J connectivity index is 2.45. The zero-order valence-electron chi connectivity index (χ0n) is 15.4. The van der Waals surface area contributed by atoms with Crippen molar-refractivity contribution in [3.63, 3.8) is 0 Å². The molecule has 2 rings (SSSR count). The molecule has 2 aromatic rings. The normalized spacial score (nSPS) is 9.89. The van der Waals surface area contributed by atoms with E-state index in [-0.39, 0.29) is 29.3 Å². The summed E-state index contributed by atoms with van der Waals surface area (Å²) in [5, 5.41) is 5.11. The van der Waals surface area contributed by atoms with Crippen LogP contribution in [0.15, 0.2) is 18.3 Å². The zero-order chi connectivity index (χ0) is 20.0. The molecule has 1 heterocycles. The van der Waals surface area contributed by atoms with Gasteiger partial charge in [-0.05, 0) is 17.7 Å². The molecular formula is C18H19N5O4. The number of carbonyl (C=O) groups excluding carboxylic acids is 2. The van der Waals surface area contributed by atoms with E-state index < -0.39 is 0 Å². The summed E-state index contributed by atoms with van der Waals surface area (Å²) in [6, 6.07) is 3.43. The summed E-state index contributed by atoms with van der Waals surface area (Å²) in [4.78, 5) is 34.4. The number of ether oxygens (including phenoxy) is 2. The SMILES string of the molecule is COc1cc(Cc2cnc(NC(C)=O)nc2NC(C)=O)cc(OC)c1[N+]#[11C-]. The van der Waals surface area contributed by atoms with Crippen LogP contribution < -0.4 is 20.1 Å². The number of anilines is 2. The Morgan fingerprint density at radius 1 is 1.11 bits per heavy atom. The van der Waals surface area contributed by atoms with Gasteiger partial charge in [-0.2, -0.15) is 4.98 Å². The van der Waals surface area contributed by atoms with Gasteiger partial charge in [-0.1, -0.05) is 0 Å². The van der Waals surface area contributed by atoms with Crippen molar-refractivity contribution >= 4 is 29.3 Å². The molecule has 1 aromatic carbocycles. The Morgan fingerprint density at radius 2 is 1.70 bits per heavy atom. The lowest BCUT2D eigenvalue weighted by Gasteiger charge is -2.13. The molecule has 0 aliphatic carbocycles. The number of benzene rings is 1. The van der Waals surface area contributed by atoms with Crippen molar-refractivity contribution < 1.29 is 19.1 Å². The smallest absolute Gasteiger partial charge is 0.268 e. The molecular weight excluding hydrogens is 349 g/mol. The van der Waals surface area contributed by atoms with E-state index in [0.717, 1.165) is 5.56 Å². The van der Waals surface area contributed by atoms with Crippen molar-refractivity contribution in [3.05, 3.63) is 40.9 Å². The molecule has 0 bridgehead atoms. The molecule has 2 amide bonds. The monoisotopic (exact) mass is 368 g/mol. The third kappa shape index (κ3) is 4.92. The van der Waals surface area contributed by atoms with Gasteiger partial charge in [-0.3, -0.25) is 14.9 Å². The number of amides is 2. The van der Waals surface area contributed by atoms with Crippen LogP contribution in [0, 0.1) is 6.57 Å². The largest absolute Gasteiger partial charge is 0.508 e. The number of hydrogen-bond donors (Lipinski definition) is 2. The lowest BCUT2D eigenvalue weighted by atomic mass is 10.0. The standard InChI is InChI=1S/C18H19N5O4/c1-10(24)21-17-13(9-20-18(23-17)22-11(2)25)6-12-7-14(26-4)16(19-3)15(8-12)27-5/h7-9H,6H2,1-2,4-5H3,(H2,20,21,22,23,24,25)/i3-1. The Bertz CT molecular complexity index is 895. The average Bonchev–Trinajstić information content (AvgIpc) is 2.62. The second kappa shape index (κ2) is 8.62. The van der Waals surface area contributed by atoms with E-state index in [9.17, 15) is 9.59 Å². The lowest BCUT2D eigenvalue weighted by Crippen LogP contribution is -2.15. The molecule has 0 saturated heterocycles. The van der Waals surface area contributed by atoms with Crippen molar-refractivity contribution in [3.8, 4) is 11.5 Å². The van der Waals surface area contributed by atoms with E-state index in [0.29, 0.717) is 23.5 Å². The average molecular weight is 368 g/mol. The van der Waals surface area contributed by atoms with Crippen LogP contribution in [-0.4, -0.2) is 36.0 Å². The number of aromatic nitrogens is 2. The number of hydrogen-bond acceptors (Lipinski definition) is 6. The lowest BCUT2D eigenvalue weighted by molar-refractivity contribution is -0.115. The van der Waals surface area contributed by atoms with Crippen LogP contribution in [0.3, 0.4) is 0 Å². The van der Waals surface area contributed by atoms with Crippen LogP contribution in [0.4, 0.5) is 17.5 Å². The van der Waals surface area contributed by atoms with Crippen LogP contribution in [0.5, 0.6) is 11.5 Å². The Kier molecular flexibility index (Phi) is 6.27. The Hall–Kier alpha value is -3.67. The summed E-state index contributed by atoms with van der Waals surface area (Å²) in [5.41, 5.74) is 1.68. The second-order valence-electron chi connectivity index (χ2n) is 5.57. The fourth-order valence-electron chi connectivity index (χ4n) is 2.41. The van der Waals surface area contributed by atoms with Crippen LogP contribution in [0.2, 0.25) is 0 Å². The van der Waals surface area contributed by atoms with Gasteiger partial charge in [0.05, 0.1) is 20.8 Å². The minimum atomic E-state index is -0.319. The highest BCUT2D eigenvalue weighted by molar-refractivity contribution is 5.90. The van der Waals surface area contributed by atoms with Gasteiger partial charge in [0.15, 0.2) is 0 Å². The van der Waals surface area contributed by atoms with Crippen molar-refractivity contribution in [2.45, 2.75) is 20.3 Å². The number of carbonyl (C=O) groups is 2. The number of nitrogens with one attached hydrogen (secondary N) is 2. The molecule has 0 spiro atoms. The number of methoxy groups -OCH3 is 2. The maximum absolute atomic E-state index is 11.5. The maximum Gasteiger partial charge on any atom is 0.268 e. The highest BCUT2D eigenvalue weighted by Crippen LogP contribution is 2.39. The first kappa shape index (κ1) is 19.7. The third-order valence-electron chi connectivity index (χ3n) is 3.49. The molecule has 2 N–H and O–H groups in total. The van der Waals surface area contributed by atoms with Crippen LogP contribution >= 0.6 is 0 Å². The van der Waals surface area contributed by atoms with Gasteiger partial charge >= 0.3 is 0 Å². The Morgan fingerprint density at radius 3 is 2.19 bits per heavy atom. The van der Waals surface area contributed by atoms with Gasteiger partial charge in [0.25, 0.3) is 5.69 Å². The fourth-order valence-corrected chi connectivity index (χ4v) is 2.41. The summed E-state index contributed by atoms with van der Waals surface area (Å²) in [6.45, 7) is 9.98. The summed E-state index contributed by atoms with van der Waals surface area (Å²) in [6.07, 6.45) is 1.87. The van der Waals surface area contributed by atoms with Crippen LogP contribution in [0.25, 0.3) is 4.85 Å². The molecule has 9 heteroatoms. The second-order valence-corrected chi connectivity index (χ2v) is 5.57. The minimum Gasteiger partial charge on any atom is -0.508 e. The van der Waals surface area contributed by atoms with Crippen LogP contribution in [0.1, 0.15) is 25.0 Å². The van der Waals surface area contributed by atoms with Crippen molar-refractivity contribution in [2.24, 2.45) is 0 Å². The van der Waals surface area contributed by atoms with Gasteiger partial charge in [0.1, 0.15) is 17.3 Å². The molecule has 0 radical (unpaired) electrons. The summed E-state index contributed by atoms with van der Waals surface area (Å²) in [7, 11) is 2.95. The third-order valence-corrected chi connectivity index (χ3v) is 3.49. The van der Waals surface area contributed by atoms with Crippen molar-refractivity contribution in [2.75, 3.05) is 24.9 Å². The number of rotatable bonds is 6. The molecule has 9 nitrogen and oxygen atoms in total. The van der Waals surface area contributed by atoms with E-state index in [2.05, 4.69) is 25.4 Å². The predicted octanol–water partition coefficient (Wildman–Crippen LogP) is 2.55. The van der Waals surface area contributed by atoms with Crippen molar-refractivity contribution in [1.29, 1.82) is 0 Å². The van der Waals surface area contributed by atoms with Gasteiger partial charge in [-0.25, -0.2) is 9.83 Å². The fraction of sp³-hybridized carbons (Fsp3) is 0.278. The predicted molar refractivity (Wildman–Crippen MR) is 99.3 cm³/mol. The molecule has 0 aliphatic rings. The molecule has 27 heavy (non-hydrogen) atoms. The molecule has 1 aromatic heterocycles. The molecule has 140 valence electrons. The topological polar surface area (TPSA) is 107 Å². The molecule has 0 fully saturated rings. The first-order chi connectivity index (χ1) is 12.9. The summed E-state index contributed by atoms with van der Waals surface area (Å²) in [5.74, 6) is 0.525. The van der Waals surface area contributed by atoms with Crippen LogP contribution in [-0.2, 0) is 16.0 Å². The van der Waals surface area contributed by atoms with E-state index in [1.807, 2.05) is 0 Å². The van der Waals surface area contributed by atoms with Gasteiger partial charge in [-0.15, -0.1) is 0 Å². The number of nitrogens with zero attached hydrogens (tertiary/aromatic N) is 3. The van der Waals surface area contributed by atoms with Gasteiger partial charge in [0.2, 0.25) is 17.8 Å². The van der Waals surface area contributed by atoms with E-state index in [1.54, 1.807) is 12.1 Å². The first-order valence-electron chi connectivity index (χ1n) is 7.91. The van der Waals surface area contributed by atoms with E-state index in [4.69, 9.17) is 16.0 Å². The molecule has 0 saturated carbocycles. The maximum atomic E-state index is 11.5.